The lowest BCUT2D eigenvalue weighted by Gasteiger charge is -2.39. The molecule has 0 saturated carbocycles. The first-order valence-electron chi connectivity index (χ1n) is 11.5. The maximum Gasteiger partial charge on any atom is 0.416 e. The van der Waals surface area contributed by atoms with E-state index in [0.717, 1.165) is 11.1 Å². The van der Waals surface area contributed by atoms with Crippen molar-refractivity contribution in [1.29, 1.82) is 0 Å². The second-order valence-corrected chi connectivity index (χ2v) is 8.54. The minimum Gasteiger partial charge on any atom is -0.350 e. The van der Waals surface area contributed by atoms with Crippen molar-refractivity contribution in [2.45, 2.75) is 18.8 Å². The van der Waals surface area contributed by atoms with Gasteiger partial charge in [0.05, 0.1) is 11.1 Å². The van der Waals surface area contributed by atoms with Gasteiger partial charge in [-0.05, 0) is 29.3 Å². The average Bonchev–Trinajstić information content (AvgIpc) is 2.88. The van der Waals surface area contributed by atoms with Crippen LogP contribution in [-0.2, 0) is 17.5 Å². The maximum absolute atomic E-state index is 14.2. The van der Waals surface area contributed by atoms with Gasteiger partial charge in [-0.1, -0.05) is 60.7 Å². The normalized spacial score (nSPS) is 15.4. The van der Waals surface area contributed by atoms with Gasteiger partial charge in [-0.25, -0.2) is 4.39 Å². The van der Waals surface area contributed by atoms with Gasteiger partial charge in [0.2, 0.25) is 5.91 Å². The lowest BCUT2D eigenvalue weighted by atomic mass is 10.0. The molecular formula is C27H25F4N3O2. The number of carbonyl (C=O) groups is 2. The van der Waals surface area contributed by atoms with E-state index in [2.05, 4.69) is 5.32 Å². The van der Waals surface area contributed by atoms with E-state index in [4.69, 9.17) is 0 Å². The zero-order chi connectivity index (χ0) is 25.7. The Morgan fingerprint density at radius 2 is 1.47 bits per heavy atom. The highest BCUT2D eigenvalue weighted by molar-refractivity contribution is 5.95. The van der Waals surface area contributed by atoms with Crippen LogP contribution in [-0.4, -0.2) is 47.8 Å². The van der Waals surface area contributed by atoms with Gasteiger partial charge in [0.1, 0.15) is 11.9 Å². The van der Waals surface area contributed by atoms with Crippen molar-refractivity contribution in [1.82, 2.24) is 15.1 Å². The molecule has 1 saturated heterocycles. The van der Waals surface area contributed by atoms with Crippen molar-refractivity contribution < 1.29 is 27.2 Å². The third-order valence-electron chi connectivity index (χ3n) is 6.16. The summed E-state index contributed by atoms with van der Waals surface area (Å²) < 4.78 is 53.4. The minimum atomic E-state index is -4.68. The van der Waals surface area contributed by atoms with Crippen LogP contribution in [0.5, 0.6) is 0 Å². The number of hydrogen-bond donors (Lipinski definition) is 1. The van der Waals surface area contributed by atoms with E-state index in [1.165, 1.54) is 4.90 Å². The summed E-state index contributed by atoms with van der Waals surface area (Å²) in [7, 11) is 0. The third kappa shape index (κ3) is 5.91. The average molecular weight is 500 g/mol. The minimum absolute atomic E-state index is 0.143. The van der Waals surface area contributed by atoms with Gasteiger partial charge in [0, 0.05) is 32.7 Å². The molecule has 2 amide bonds. The zero-order valence-electron chi connectivity index (χ0n) is 19.3. The Hall–Kier alpha value is -3.72. The smallest absolute Gasteiger partial charge is 0.350 e. The molecule has 5 nitrogen and oxygen atoms in total. The molecule has 9 heteroatoms. The first-order valence-corrected chi connectivity index (χ1v) is 11.5. The number of nitrogens with one attached hydrogen (secondary N) is 1. The molecular weight excluding hydrogens is 474 g/mol. The Bertz CT molecular complexity index is 1190. The molecule has 1 aliphatic rings. The van der Waals surface area contributed by atoms with Gasteiger partial charge in [-0.3, -0.25) is 14.5 Å². The SMILES string of the molecule is O=C(NCc1ccccc1)[C@@H](c1ccccc1)N1CCN(C(=O)c2cc(C(F)(F)F)ccc2F)CC1. The van der Waals surface area contributed by atoms with Crippen molar-refractivity contribution in [3.8, 4) is 0 Å². The summed E-state index contributed by atoms with van der Waals surface area (Å²) in [5.74, 6) is -2.00. The van der Waals surface area contributed by atoms with Crippen LogP contribution in [0.25, 0.3) is 0 Å². The molecule has 1 aliphatic heterocycles. The standard InChI is InChI=1S/C27H25F4N3O2/c28-23-12-11-21(27(29,30)31)17-22(23)26(36)34-15-13-33(14-16-34)24(20-9-5-2-6-10-20)25(35)32-18-19-7-3-1-4-8-19/h1-12,17,24H,13-16,18H2,(H,32,35)/t24-/m1/s1. The summed E-state index contributed by atoms with van der Waals surface area (Å²) in [5.41, 5.74) is 0.0477. The largest absolute Gasteiger partial charge is 0.416 e. The molecule has 0 aromatic heterocycles. The van der Waals surface area contributed by atoms with Crippen LogP contribution < -0.4 is 5.32 Å². The van der Waals surface area contributed by atoms with E-state index in [1.807, 2.05) is 65.6 Å². The van der Waals surface area contributed by atoms with Gasteiger partial charge in [0.15, 0.2) is 0 Å². The number of piperazine rings is 1. The zero-order valence-corrected chi connectivity index (χ0v) is 19.3. The number of carbonyl (C=O) groups excluding carboxylic acids is 2. The van der Waals surface area contributed by atoms with Crippen LogP contribution in [0.3, 0.4) is 0 Å². The molecule has 0 spiro atoms. The highest BCUT2D eigenvalue weighted by Crippen LogP contribution is 2.31. The van der Waals surface area contributed by atoms with Crippen LogP contribution in [0.1, 0.15) is 33.1 Å². The fourth-order valence-electron chi connectivity index (χ4n) is 4.26. The van der Waals surface area contributed by atoms with E-state index in [1.54, 1.807) is 0 Å². The number of rotatable bonds is 6. The van der Waals surface area contributed by atoms with Gasteiger partial charge < -0.3 is 10.2 Å². The van der Waals surface area contributed by atoms with Crippen LogP contribution in [0.2, 0.25) is 0 Å². The Labute approximate surface area is 206 Å². The number of halogens is 4. The molecule has 3 aromatic carbocycles. The van der Waals surface area contributed by atoms with Crippen molar-refractivity contribution in [3.63, 3.8) is 0 Å². The summed E-state index contributed by atoms with van der Waals surface area (Å²) in [6.45, 7) is 1.24. The van der Waals surface area contributed by atoms with Gasteiger partial charge in [-0.15, -0.1) is 0 Å². The predicted molar refractivity (Wildman–Crippen MR) is 126 cm³/mol. The molecule has 0 unspecified atom stereocenters. The van der Waals surface area contributed by atoms with Gasteiger partial charge in [0.25, 0.3) is 5.91 Å². The molecule has 0 aliphatic carbocycles. The number of hydrogen-bond acceptors (Lipinski definition) is 3. The van der Waals surface area contributed by atoms with Crippen molar-refractivity contribution >= 4 is 11.8 Å². The molecule has 3 aromatic rings. The number of alkyl halides is 3. The Balaban J connectivity index is 1.47. The van der Waals surface area contributed by atoms with Crippen LogP contribution in [0.4, 0.5) is 17.6 Å². The first kappa shape index (κ1) is 25.4. The lowest BCUT2D eigenvalue weighted by Crippen LogP contribution is -2.52. The van der Waals surface area contributed by atoms with E-state index >= 15 is 0 Å². The molecule has 36 heavy (non-hydrogen) atoms. The number of amides is 2. The topological polar surface area (TPSA) is 52.7 Å². The Kier molecular flexibility index (Phi) is 7.69. The molecule has 0 bridgehead atoms. The third-order valence-corrected chi connectivity index (χ3v) is 6.16. The monoisotopic (exact) mass is 499 g/mol. The lowest BCUT2D eigenvalue weighted by molar-refractivity contribution is -0.137. The quantitative estimate of drug-likeness (QED) is 0.502. The van der Waals surface area contributed by atoms with E-state index in [-0.39, 0.29) is 19.0 Å². The van der Waals surface area contributed by atoms with Crippen LogP contribution in [0.15, 0.2) is 78.9 Å². The van der Waals surface area contributed by atoms with Crippen LogP contribution in [0, 0.1) is 5.82 Å². The van der Waals surface area contributed by atoms with Gasteiger partial charge >= 0.3 is 6.18 Å². The highest BCUT2D eigenvalue weighted by Gasteiger charge is 2.35. The second kappa shape index (κ2) is 10.9. The van der Waals surface area contributed by atoms with Crippen molar-refractivity contribution in [2.75, 3.05) is 26.2 Å². The van der Waals surface area contributed by atoms with Gasteiger partial charge in [-0.2, -0.15) is 13.2 Å². The summed E-state index contributed by atoms with van der Waals surface area (Å²) in [6.07, 6.45) is -4.68. The molecule has 1 heterocycles. The molecule has 4 rings (SSSR count). The highest BCUT2D eigenvalue weighted by atomic mass is 19.4. The Morgan fingerprint density at radius 3 is 2.08 bits per heavy atom. The van der Waals surface area contributed by atoms with E-state index < -0.39 is 35.1 Å². The van der Waals surface area contributed by atoms with E-state index in [0.29, 0.717) is 37.8 Å². The van der Waals surface area contributed by atoms with Crippen molar-refractivity contribution in [3.05, 3.63) is 107 Å². The first-order chi connectivity index (χ1) is 17.2. The maximum atomic E-state index is 14.2. The fourth-order valence-corrected chi connectivity index (χ4v) is 4.26. The summed E-state index contributed by atoms with van der Waals surface area (Å²) in [5, 5.41) is 2.97. The molecule has 1 atom stereocenters. The summed E-state index contributed by atoms with van der Waals surface area (Å²) in [6, 6.07) is 19.9. The van der Waals surface area contributed by atoms with Crippen LogP contribution >= 0.6 is 0 Å². The second-order valence-electron chi connectivity index (χ2n) is 8.54. The molecule has 1 fully saturated rings. The van der Waals surface area contributed by atoms with Crippen molar-refractivity contribution in [2.24, 2.45) is 0 Å². The molecule has 1 N–H and O–H groups in total. The predicted octanol–water partition coefficient (Wildman–Crippen LogP) is 4.66. The number of benzene rings is 3. The molecule has 0 radical (unpaired) electrons. The number of nitrogens with zero attached hydrogens (tertiary/aromatic N) is 2. The Morgan fingerprint density at radius 1 is 0.861 bits per heavy atom. The fraction of sp³-hybridized carbons (Fsp3) is 0.259. The molecule has 188 valence electrons. The van der Waals surface area contributed by atoms with E-state index in [9.17, 15) is 27.2 Å². The summed E-state index contributed by atoms with van der Waals surface area (Å²) in [4.78, 5) is 29.3. The summed E-state index contributed by atoms with van der Waals surface area (Å²) >= 11 is 0.